The van der Waals surface area contributed by atoms with Crippen LogP contribution in [0.15, 0.2) is 60.7 Å². The fraction of sp³-hybridized carbons (Fsp3) is 0.500. The highest BCUT2D eigenvalue weighted by Crippen LogP contribution is 2.49. The highest BCUT2D eigenvalue weighted by Gasteiger charge is 2.40. The van der Waals surface area contributed by atoms with Gasteiger partial charge in [0.15, 0.2) is 0 Å². The predicted octanol–water partition coefficient (Wildman–Crippen LogP) is 6.87. The van der Waals surface area contributed by atoms with Gasteiger partial charge in [0.2, 0.25) is 0 Å². The first kappa shape index (κ1) is 31.7. The average molecular weight is 607 g/mol. The third-order valence-corrected chi connectivity index (χ3v) is 22.5. The van der Waals surface area contributed by atoms with E-state index in [4.69, 9.17) is 17.7 Å². The van der Waals surface area contributed by atoms with Crippen LogP contribution >= 0.6 is 51.1 Å². The van der Waals surface area contributed by atoms with E-state index in [2.05, 4.69) is 62.4 Å². The van der Waals surface area contributed by atoms with E-state index in [-0.39, 0.29) is 0 Å². The molecule has 0 saturated carbocycles. The summed E-state index contributed by atoms with van der Waals surface area (Å²) >= 11 is 0. The Morgan fingerprint density at radius 3 is 1.23 bits per heavy atom. The highest BCUT2D eigenvalue weighted by atomic mass is 33.8. The summed E-state index contributed by atoms with van der Waals surface area (Å²) in [5.74, 6) is 3.16. The maximum absolute atomic E-state index is 5.98. The van der Waals surface area contributed by atoms with Gasteiger partial charge in [0, 0.05) is 39.9 Å². The summed E-state index contributed by atoms with van der Waals surface area (Å²) in [6, 6.07) is 22.7. The third kappa shape index (κ3) is 9.94. The number of benzene rings is 2. The molecule has 2 atom stereocenters. The molecule has 0 aliphatic heterocycles. The minimum atomic E-state index is -2.38. The van der Waals surface area contributed by atoms with Crippen molar-refractivity contribution in [2.24, 2.45) is 11.8 Å². The van der Waals surface area contributed by atoms with E-state index in [1.165, 1.54) is 10.4 Å². The summed E-state index contributed by atoms with van der Waals surface area (Å²) in [6.45, 7) is 4.58. The van der Waals surface area contributed by atoms with Crippen molar-refractivity contribution in [1.29, 1.82) is 0 Å². The zero-order chi connectivity index (χ0) is 25.6. The topological polar surface area (TPSA) is 36.9 Å². The van der Waals surface area contributed by atoms with Gasteiger partial charge in [0.25, 0.3) is 0 Å². The second kappa shape index (κ2) is 17.1. The van der Waals surface area contributed by atoms with Crippen molar-refractivity contribution in [1.82, 2.24) is 0 Å². The summed E-state index contributed by atoms with van der Waals surface area (Å²) in [7, 11) is 11.8. The molecule has 0 N–H and O–H groups in total. The van der Waals surface area contributed by atoms with Gasteiger partial charge in [-0.1, -0.05) is 96.1 Å². The lowest BCUT2D eigenvalue weighted by molar-refractivity contribution is 0.252. The Labute approximate surface area is 233 Å². The SMILES string of the molecule is CO[Si](CC(C)CSSSSSCC(C)C[Si](OC)(OC)c1ccccc1)(OC)c1ccccc1. The molecule has 0 aliphatic rings. The van der Waals surface area contributed by atoms with Crippen molar-refractivity contribution >= 4 is 78.6 Å². The molecule has 0 amide bonds. The van der Waals surface area contributed by atoms with Crippen molar-refractivity contribution in [2.75, 3.05) is 39.9 Å². The molecule has 0 bridgehead atoms. The van der Waals surface area contributed by atoms with Gasteiger partial charge in [-0.05, 0) is 63.8 Å². The van der Waals surface area contributed by atoms with Crippen LogP contribution < -0.4 is 10.4 Å². The Bertz CT molecular complexity index is 747. The van der Waals surface area contributed by atoms with Crippen molar-refractivity contribution < 1.29 is 17.7 Å². The first-order valence-corrected chi connectivity index (χ1v) is 22.0. The van der Waals surface area contributed by atoms with Gasteiger partial charge in [0.1, 0.15) is 0 Å². The molecule has 0 saturated heterocycles. The van der Waals surface area contributed by atoms with Gasteiger partial charge < -0.3 is 17.7 Å². The minimum absolute atomic E-state index is 0.511. The van der Waals surface area contributed by atoms with Crippen LogP contribution in [0.1, 0.15) is 13.8 Å². The molecule has 4 nitrogen and oxygen atoms in total. The monoisotopic (exact) mass is 606 g/mol. The lowest BCUT2D eigenvalue weighted by Gasteiger charge is -2.30. The Morgan fingerprint density at radius 2 is 0.914 bits per heavy atom. The number of rotatable bonds is 18. The number of hydrogen-bond acceptors (Lipinski definition) is 9. The molecule has 0 fully saturated rings. The molecule has 11 heteroatoms. The molecular weight excluding hydrogens is 569 g/mol. The van der Waals surface area contributed by atoms with Crippen LogP contribution in [-0.2, 0) is 17.7 Å². The summed E-state index contributed by atoms with van der Waals surface area (Å²) in [5.41, 5.74) is 0. The van der Waals surface area contributed by atoms with E-state index < -0.39 is 17.1 Å². The van der Waals surface area contributed by atoms with Gasteiger partial charge in [-0.3, -0.25) is 0 Å². The second-order valence-electron chi connectivity index (χ2n) is 8.45. The fourth-order valence-electron chi connectivity index (χ4n) is 3.97. The van der Waals surface area contributed by atoms with Gasteiger partial charge in [-0.25, -0.2) is 0 Å². The smallest absolute Gasteiger partial charge is 0.372 e. The van der Waals surface area contributed by atoms with Crippen LogP contribution in [0.3, 0.4) is 0 Å². The molecule has 2 aromatic rings. The summed E-state index contributed by atoms with van der Waals surface area (Å²) in [6.07, 6.45) is 0. The molecule has 0 aromatic heterocycles. The molecule has 0 aliphatic carbocycles. The first-order chi connectivity index (χ1) is 16.9. The Kier molecular flexibility index (Phi) is 15.5. The van der Waals surface area contributed by atoms with Crippen LogP contribution in [0.5, 0.6) is 0 Å². The van der Waals surface area contributed by atoms with Crippen molar-refractivity contribution in [2.45, 2.75) is 25.9 Å². The van der Waals surface area contributed by atoms with Crippen molar-refractivity contribution in [3.63, 3.8) is 0 Å². The Balaban J connectivity index is 1.67. The fourth-order valence-corrected chi connectivity index (χ4v) is 19.7. The molecule has 196 valence electrons. The Hall–Kier alpha value is 0.464. The van der Waals surface area contributed by atoms with E-state index in [1.54, 1.807) is 28.4 Å². The molecular formula is C24H38O4S5Si2. The molecule has 2 rings (SSSR count). The predicted molar refractivity (Wildman–Crippen MR) is 167 cm³/mol. The minimum Gasteiger partial charge on any atom is -0.394 e. The number of hydrogen-bond donors (Lipinski definition) is 0. The van der Waals surface area contributed by atoms with E-state index in [0.717, 1.165) is 23.6 Å². The van der Waals surface area contributed by atoms with E-state index in [0.29, 0.717) is 11.8 Å². The van der Waals surface area contributed by atoms with Crippen molar-refractivity contribution in [3.8, 4) is 0 Å². The normalized spacial score (nSPS) is 14.1. The Morgan fingerprint density at radius 1 is 0.571 bits per heavy atom. The maximum atomic E-state index is 5.98. The third-order valence-electron chi connectivity index (χ3n) is 5.84. The zero-order valence-corrected chi connectivity index (χ0v) is 27.5. The van der Waals surface area contributed by atoms with Crippen LogP contribution in [-0.4, -0.2) is 57.1 Å². The molecule has 0 spiro atoms. The summed E-state index contributed by atoms with van der Waals surface area (Å²) < 4.78 is 23.9. The van der Waals surface area contributed by atoms with Crippen LogP contribution in [0.25, 0.3) is 0 Å². The first-order valence-electron chi connectivity index (χ1n) is 11.5. The second-order valence-corrected chi connectivity index (χ2v) is 22.9. The van der Waals surface area contributed by atoms with Gasteiger partial charge in [0.05, 0.1) is 0 Å². The summed E-state index contributed by atoms with van der Waals surface area (Å²) in [5, 5.41) is 2.40. The molecule has 0 heterocycles. The average Bonchev–Trinajstić information content (AvgIpc) is 2.91. The quantitative estimate of drug-likeness (QED) is 0.103. The van der Waals surface area contributed by atoms with Crippen LogP contribution in [0.4, 0.5) is 0 Å². The molecule has 2 unspecified atom stereocenters. The lowest BCUT2D eigenvalue weighted by Crippen LogP contribution is -2.53. The van der Waals surface area contributed by atoms with Gasteiger partial charge in [-0.2, -0.15) is 0 Å². The van der Waals surface area contributed by atoms with Crippen LogP contribution in [0.2, 0.25) is 12.1 Å². The van der Waals surface area contributed by atoms with Gasteiger partial charge >= 0.3 is 17.1 Å². The standard InChI is InChI=1S/C24H38O4S5Si2/c1-21(19-34(25-3,26-4)23-13-9-7-10-14-23)17-29-31-33-32-30-18-22(2)20-35(27-5,28-6)24-15-11-8-12-16-24/h7-16,21-22H,17-20H2,1-6H3. The summed E-state index contributed by atoms with van der Waals surface area (Å²) in [4.78, 5) is 0. The van der Waals surface area contributed by atoms with Crippen molar-refractivity contribution in [3.05, 3.63) is 60.7 Å². The lowest BCUT2D eigenvalue weighted by atomic mass is 10.3. The molecule has 35 heavy (non-hydrogen) atoms. The van der Waals surface area contributed by atoms with E-state index in [1.807, 2.05) is 63.2 Å². The van der Waals surface area contributed by atoms with Gasteiger partial charge in [-0.15, -0.1) is 0 Å². The zero-order valence-electron chi connectivity index (χ0n) is 21.4. The van der Waals surface area contributed by atoms with E-state index in [9.17, 15) is 0 Å². The molecule has 0 radical (unpaired) electrons. The molecule has 2 aromatic carbocycles. The maximum Gasteiger partial charge on any atom is 0.372 e. The largest absolute Gasteiger partial charge is 0.394 e. The van der Waals surface area contributed by atoms with E-state index >= 15 is 0 Å². The highest BCUT2D eigenvalue weighted by molar-refractivity contribution is 9.35. The van der Waals surface area contributed by atoms with Crippen LogP contribution in [0, 0.1) is 11.8 Å².